The van der Waals surface area contributed by atoms with Gasteiger partial charge in [0, 0.05) is 26.2 Å². The minimum absolute atomic E-state index is 0.0351. The summed E-state index contributed by atoms with van der Waals surface area (Å²) in [5.74, 6) is -1.91. The summed E-state index contributed by atoms with van der Waals surface area (Å²) in [6, 6.07) is 2.32. The van der Waals surface area contributed by atoms with E-state index >= 15 is 0 Å². The van der Waals surface area contributed by atoms with Crippen molar-refractivity contribution in [2.45, 2.75) is 6.10 Å². The van der Waals surface area contributed by atoms with Crippen molar-refractivity contribution in [3.63, 3.8) is 0 Å². The number of aliphatic hydroxyl groups excluding tert-OH is 1. The Bertz CT molecular complexity index is 356. The number of nitrogens with two attached hydrogens (primary N) is 1. The molecule has 0 saturated carbocycles. The van der Waals surface area contributed by atoms with Crippen LogP contribution in [0.1, 0.15) is 11.7 Å². The normalized spacial score (nSPS) is 12.7. The van der Waals surface area contributed by atoms with Gasteiger partial charge in [0.05, 0.1) is 11.8 Å². The lowest BCUT2D eigenvalue weighted by Crippen LogP contribution is -2.19. The molecule has 3 nitrogen and oxygen atoms in total. The lowest BCUT2D eigenvalue weighted by atomic mass is 10.1. The van der Waals surface area contributed by atoms with Crippen molar-refractivity contribution in [3.05, 3.63) is 29.3 Å². The summed E-state index contributed by atoms with van der Waals surface area (Å²) >= 11 is 0. The molecule has 15 heavy (non-hydrogen) atoms. The van der Waals surface area contributed by atoms with E-state index in [0.717, 1.165) is 6.07 Å². The third kappa shape index (κ3) is 2.24. The molecule has 0 spiro atoms. The van der Waals surface area contributed by atoms with E-state index in [1.165, 1.54) is 11.0 Å². The van der Waals surface area contributed by atoms with Gasteiger partial charge < -0.3 is 15.7 Å². The van der Waals surface area contributed by atoms with Crippen molar-refractivity contribution in [3.8, 4) is 0 Å². The van der Waals surface area contributed by atoms with Crippen LogP contribution in [0, 0.1) is 11.6 Å². The smallest absolute Gasteiger partial charge is 0.182 e. The highest BCUT2D eigenvalue weighted by atomic mass is 19.2. The monoisotopic (exact) mass is 216 g/mol. The van der Waals surface area contributed by atoms with Gasteiger partial charge in [-0.05, 0) is 6.07 Å². The SMILES string of the molecule is CN(C)c1c(C(O)CN)ccc(F)c1F. The second-order valence-corrected chi connectivity index (χ2v) is 3.45. The van der Waals surface area contributed by atoms with E-state index in [-0.39, 0.29) is 12.2 Å². The highest BCUT2D eigenvalue weighted by Crippen LogP contribution is 2.29. The number of hydrogen-bond acceptors (Lipinski definition) is 3. The summed E-state index contributed by atoms with van der Waals surface area (Å²) in [7, 11) is 3.15. The lowest BCUT2D eigenvalue weighted by molar-refractivity contribution is 0.186. The largest absolute Gasteiger partial charge is 0.387 e. The average Bonchev–Trinajstić information content (AvgIpc) is 2.20. The van der Waals surface area contributed by atoms with Gasteiger partial charge in [-0.1, -0.05) is 6.07 Å². The van der Waals surface area contributed by atoms with Crippen molar-refractivity contribution in [2.75, 3.05) is 25.5 Å². The zero-order valence-electron chi connectivity index (χ0n) is 8.67. The summed E-state index contributed by atoms with van der Waals surface area (Å²) in [6.07, 6.45) is -0.988. The Morgan fingerprint density at radius 2 is 2.00 bits per heavy atom. The molecule has 0 amide bonds. The van der Waals surface area contributed by atoms with Crippen LogP contribution < -0.4 is 10.6 Å². The summed E-state index contributed by atoms with van der Waals surface area (Å²) in [5, 5.41) is 9.53. The Hall–Kier alpha value is -1.20. The molecular formula is C10H14F2N2O. The van der Waals surface area contributed by atoms with Gasteiger partial charge in [-0.25, -0.2) is 8.78 Å². The highest BCUT2D eigenvalue weighted by Gasteiger charge is 2.19. The first kappa shape index (κ1) is 11.9. The summed E-state index contributed by atoms with van der Waals surface area (Å²) < 4.78 is 26.4. The molecule has 0 aliphatic rings. The third-order valence-electron chi connectivity index (χ3n) is 2.13. The quantitative estimate of drug-likeness (QED) is 0.793. The summed E-state index contributed by atoms with van der Waals surface area (Å²) in [4.78, 5) is 1.41. The van der Waals surface area contributed by atoms with Crippen molar-refractivity contribution in [1.29, 1.82) is 0 Å². The minimum Gasteiger partial charge on any atom is -0.387 e. The summed E-state index contributed by atoms with van der Waals surface area (Å²) in [6.45, 7) is -0.0358. The number of benzene rings is 1. The van der Waals surface area contributed by atoms with Crippen molar-refractivity contribution in [1.82, 2.24) is 0 Å². The molecule has 0 heterocycles. The maximum absolute atomic E-state index is 13.4. The van der Waals surface area contributed by atoms with Crippen LogP contribution in [0.15, 0.2) is 12.1 Å². The van der Waals surface area contributed by atoms with Crippen LogP contribution in [-0.4, -0.2) is 25.7 Å². The van der Waals surface area contributed by atoms with Crippen LogP contribution in [0.2, 0.25) is 0 Å². The molecule has 84 valence electrons. The molecule has 5 heteroatoms. The van der Waals surface area contributed by atoms with E-state index in [9.17, 15) is 13.9 Å². The van der Waals surface area contributed by atoms with Gasteiger partial charge in [-0.3, -0.25) is 0 Å². The minimum atomic E-state index is -0.988. The van der Waals surface area contributed by atoms with Gasteiger partial charge in [-0.15, -0.1) is 0 Å². The predicted octanol–water partition coefficient (Wildman–Crippen LogP) is 1.02. The second kappa shape index (κ2) is 4.55. The van der Waals surface area contributed by atoms with Crippen LogP contribution in [0.5, 0.6) is 0 Å². The van der Waals surface area contributed by atoms with E-state index < -0.39 is 17.7 Å². The fourth-order valence-corrected chi connectivity index (χ4v) is 1.41. The Kier molecular flexibility index (Phi) is 3.60. The molecule has 0 aliphatic heterocycles. The fourth-order valence-electron chi connectivity index (χ4n) is 1.41. The van der Waals surface area contributed by atoms with Gasteiger partial charge >= 0.3 is 0 Å². The molecule has 0 aliphatic carbocycles. The van der Waals surface area contributed by atoms with Crippen LogP contribution in [0.25, 0.3) is 0 Å². The van der Waals surface area contributed by atoms with Crippen LogP contribution >= 0.6 is 0 Å². The number of aliphatic hydroxyl groups is 1. The number of anilines is 1. The number of hydrogen-bond donors (Lipinski definition) is 2. The van der Waals surface area contributed by atoms with Gasteiger partial charge in [-0.2, -0.15) is 0 Å². The maximum atomic E-state index is 13.4. The van der Waals surface area contributed by atoms with Crippen LogP contribution in [0.4, 0.5) is 14.5 Å². The Morgan fingerprint density at radius 1 is 1.40 bits per heavy atom. The van der Waals surface area contributed by atoms with Crippen molar-refractivity contribution >= 4 is 5.69 Å². The highest BCUT2D eigenvalue weighted by molar-refractivity contribution is 5.55. The van der Waals surface area contributed by atoms with Crippen LogP contribution in [0.3, 0.4) is 0 Å². The van der Waals surface area contributed by atoms with Crippen LogP contribution in [-0.2, 0) is 0 Å². The lowest BCUT2D eigenvalue weighted by Gasteiger charge is -2.21. The molecule has 1 aromatic rings. The third-order valence-corrected chi connectivity index (χ3v) is 2.13. The molecule has 0 fully saturated rings. The van der Waals surface area contributed by atoms with Gasteiger partial charge in [0.1, 0.15) is 0 Å². The number of halogens is 2. The van der Waals surface area contributed by atoms with E-state index in [1.54, 1.807) is 14.1 Å². The average molecular weight is 216 g/mol. The molecule has 1 rings (SSSR count). The zero-order chi connectivity index (χ0) is 11.6. The number of rotatable bonds is 3. The first-order valence-corrected chi connectivity index (χ1v) is 4.52. The fraction of sp³-hybridized carbons (Fsp3) is 0.400. The summed E-state index contributed by atoms with van der Waals surface area (Å²) in [5.41, 5.74) is 5.60. The second-order valence-electron chi connectivity index (χ2n) is 3.45. The van der Waals surface area contributed by atoms with Gasteiger partial charge in [0.15, 0.2) is 11.6 Å². The number of nitrogens with zero attached hydrogens (tertiary/aromatic N) is 1. The van der Waals surface area contributed by atoms with E-state index in [2.05, 4.69) is 0 Å². The molecule has 3 N–H and O–H groups in total. The molecule has 0 radical (unpaired) electrons. The molecule has 0 bridgehead atoms. The predicted molar refractivity (Wildman–Crippen MR) is 54.7 cm³/mol. The molecule has 1 unspecified atom stereocenters. The topological polar surface area (TPSA) is 49.5 Å². The molecule has 0 saturated heterocycles. The molecule has 1 aromatic carbocycles. The van der Waals surface area contributed by atoms with E-state index in [4.69, 9.17) is 5.73 Å². The first-order chi connectivity index (χ1) is 6.99. The molecule has 0 aromatic heterocycles. The maximum Gasteiger partial charge on any atom is 0.182 e. The molecule has 1 atom stereocenters. The van der Waals surface area contributed by atoms with Gasteiger partial charge in [0.2, 0.25) is 0 Å². The zero-order valence-corrected chi connectivity index (χ0v) is 8.67. The Morgan fingerprint density at radius 3 is 2.47 bits per heavy atom. The van der Waals surface area contributed by atoms with Gasteiger partial charge in [0.25, 0.3) is 0 Å². The Balaban J connectivity index is 3.33. The van der Waals surface area contributed by atoms with E-state index in [0.29, 0.717) is 5.56 Å². The van der Waals surface area contributed by atoms with Crippen molar-refractivity contribution < 1.29 is 13.9 Å². The van der Waals surface area contributed by atoms with E-state index in [1.807, 2.05) is 0 Å². The Labute approximate surface area is 87.1 Å². The first-order valence-electron chi connectivity index (χ1n) is 4.52. The standard InChI is InChI=1S/C10H14F2N2O/c1-14(2)10-6(8(15)5-13)3-4-7(11)9(10)12/h3-4,8,15H,5,13H2,1-2H3. The van der Waals surface area contributed by atoms with Crippen molar-refractivity contribution in [2.24, 2.45) is 5.73 Å². The molecular weight excluding hydrogens is 202 g/mol.